The highest BCUT2D eigenvalue weighted by Gasteiger charge is 2.64. The van der Waals surface area contributed by atoms with Crippen LogP contribution in [0.1, 0.15) is 103 Å². The lowest BCUT2D eigenvalue weighted by Gasteiger charge is -2.63. The fraction of sp³-hybridized carbons (Fsp3) is 0.519. The van der Waals surface area contributed by atoms with Crippen molar-refractivity contribution in [3.05, 3.63) is 87.9 Å². The molecule has 0 spiro atoms. The predicted molar refractivity (Wildman–Crippen MR) is 258 cm³/mol. The molecule has 1 unspecified atom stereocenters. The Morgan fingerprint density at radius 2 is 1.46 bits per heavy atom. The normalized spacial score (nSPS) is 23.9. The Balaban J connectivity index is 0.717. The Morgan fingerprint density at radius 1 is 0.800 bits per heavy atom. The molecule has 0 aromatic heterocycles. The number of amides is 5. The SMILES string of the molecule is CC1(C)C(NC(=O)c2ccc(N3CCC(CN4CCN(c5ccc6c(c5)C(=O)N(C5CCC(=O)N(COC(=O)OC7CCOCC7)C5=O)C6=O)CC4)CC3)cc2)C(C)(C)C1Oc1ccc(C#N)c(Cl)c1. The van der Waals surface area contributed by atoms with Crippen LogP contribution in [-0.4, -0.2) is 140 Å². The summed E-state index contributed by atoms with van der Waals surface area (Å²) in [6, 6.07) is 18.9. The van der Waals surface area contributed by atoms with Gasteiger partial charge in [0.15, 0.2) is 6.73 Å². The second-order valence-electron chi connectivity index (χ2n) is 20.4. The maximum atomic E-state index is 13.8. The first kappa shape index (κ1) is 48.8. The molecule has 70 heavy (non-hydrogen) atoms. The van der Waals surface area contributed by atoms with Crippen molar-refractivity contribution in [3.63, 3.8) is 0 Å². The molecule has 5 fully saturated rings. The van der Waals surface area contributed by atoms with Crippen molar-refractivity contribution in [2.24, 2.45) is 16.7 Å². The highest BCUT2D eigenvalue weighted by molar-refractivity contribution is 6.31. The number of hydrogen-bond donors (Lipinski definition) is 1. The fourth-order valence-corrected chi connectivity index (χ4v) is 11.8. The van der Waals surface area contributed by atoms with E-state index in [0.29, 0.717) is 53.9 Å². The van der Waals surface area contributed by atoms with Gasteiger partial charge in [-0.25, -0.2) is 9.69 Å². The molecule has 4 saturated heterocycles. The molecule has 17 nitrogen and oxygen atoms in total. The molecule has 3 aromatic rings. The van der Waals surface area contributed by atoms with Crippen molar-refractivity contribution in [2.45, 2.75) is 90.5 Å². The summed E-state index contributed by atoms with van der Waals surface area (Å²) in [5.41, 5.74) is 2.60. The fourth-order valence-electron chi connectivity index (χ4n) is 11.6. The number of ether oxygens (including phenoxy) is 4. The maximum absolute atomic E-state index is 13.8. The minimum Gasteiger partial charge on any atom is -0.489 e. The Kier molecular flexibility index (Phi) is 13.9. The number of halogens is 1. The van der Waals surface area contributed by atoms with Crippen LogP contribution in [0.3, 0.4) is 0 Å². The summed E-state index contributed by atoms with van der Waals surface area (Å²) < 4.78 is 22.1. The van der Waals surface area contributed by atoms with Crippen LogP contribution in [0.15, 0.2) is 60.7 Å². The number of fused-ring (bicyclic) bond motifs is 1. The number of hydrogen-bond acceptors (Lipinski definition) is 14. The minimum atomic E-state index is -1.21. The summed E-state index contributed by atoms with van der Waals surface area (Å²) in [7, 11) is 0. The molecule has 9 rings (SSSR count). The average molecular weight is 979 g/mol. The topological polar surface area (TPSA) is 191 Å². The van der Waals surface area contributed by atoms with Crippen LogP contribution in [0.25, 0.3) is 0 Å². The molecule has 1 N–H and O–H groups in total. The highest BCUT2D eigenvalue weighted by Crippen LogP contribution is 2.55. The van der Waals surface area contributed by atoms with Gasteiger partial charge in [-0.15, -0.1) is 0 Å². The first-order chi connectivity index (χ1) is 33.5. The van der Waals surface area contributed by atoms with Gasteiger partial charge in [-0.3, -0.25) is 33.8 Å². The number of carbonyl (C=O) groups excluding carboxylic acids is 6. The van der Waals surface area contributed by atoms with Crippen LogP contribution in [-0.2, 0) is 23.8 Å². The number of benzene rings is 3. The van der Waals surface area contributed by atoms with Crippen molar-refractivity contribution in [2.75, 3.05) is 75.6 Å². The van der Waals surface area contributed by atoms with Crippen LogP contribution in [0.2, 0.25) is 5.02 Å². The monoisotopic (exact) mass is 977 g/mol. The van der Waals surface area contributed by atoms with Crippen LogP contribution < -0.4 is 19.9 Å². The van der Waals surface area contributed by atoms with Crippen molar-refractivity contribution in [1.29, 1.82) is 5.26 Å². The summed E-state index contributed by atoms with van der Waals surface area (Å²) in [6.07, 6.45) is 1.42. The summed E-state index contributed by atoms with van der Waals surface area (Å²) in [5.74, 6) is -1.52. The standard InChI is InChI=1S/C52H60ClN7O10/c1-51(2)48(52(3,4)49(51)69-38-11-7-34(29-54)41(53)28-38)55-44(62)33-5-8-35(9-6-33)57-19-15-32(16-20-57)30-56-21-23-58(24-22-56)36-10-12-39-40(27-36)46(64)60(45(39)63)42-13-14-43(61)59(47(42)65)31-68-50(66)70-37-17-25-67-26-18-37/h5-12,27-28,32,37,42,48-49H,13-26,30-31H2,1-4H3,(H,55,62). The molecule has 1 atom stereocenters. The number of anilines is 2. The van der Waals surface area contributed by atoms with Gasteiger partial charge in [0, 0.05) is 105 Å². The van der Waals surface area contributed by atoms with Crippen molar-refractivity contribution < 1.29 is 47.7 Å². The largest absolute Gasteiger partial charge is 0.510 e. The van der Waals surface area contributed by atoms with E-state index >= 15 is 0 Å². The van der Waals surface area contributed by atoms with E-state index in [9.17, 15) is 34.0 Å². The third-order valence-corrected chi connectivity index (χ3v) is 15.5. The van der Waals surface area contributed by atoms with Gasteiger partial charge in [0.25, 0.3) is 23.6 Å². The number of imide groups is 2. The zero-order valence-electron chi connectivity index (χ0n) is 40.1. The van der Waals surface area contributed by atoms with E-state index in [2.05, 4.69) is 53.8 Å². The quantitative estimate of drug-likeness (QED) is 0.158. The van der Waals surface area contributed by atoms with E-state index < -0.39 is 42.6 Å². The molecule has 3 aromatic carbocycles. The molecule has 0 bridgehead atoms. The Morgan fingerprint density at radius 3 is 2.13 bits per heavy atom. The van der Waals surface area contributed by atoms with Crippen molar-refractivity contribution in [1.82, 2.24) is 20.0 Å². The minimum absolute atomic E-state index is 0.0223. The van der Waals surface area contributed by atoms with E-state index in [4.69, 9.17) is 30.5 Å². The van der Waals surface area contributed by atoms with Crippen molar-refractivity contribution in [3.8, 4) is 11.8 Å². The third kappa shape index (κ3) is 9.65. The van der Waals surface area contributed by atoms with Gasteiger partial charge in [0.1, 0.15) is 30.1 Å². The lowest BCUT2D eigenvalue weighted by Crippen LogP contribution is -2.74. The number of piperidine rings is 2. The second-order valence-corrected chi connectivity index (χ2v) is 20.9. The van der Waals surface area contributed by atoms with Crippen LogP contribution >= 0.6 is 11.6 Å². The second kappa shape index (κ2) is 19.9. The Hall–Kier alpha value is -6.22. The first-order valence-corrected chi connectivity index (χ1v) is 24.7. The van der Waals surface area contributed by atoms with Gasteiger partial charge in [0.2, 0.25) is 5.91 Å². The zero-order valence-corrected chi connectivity index (χ0v) is 40.9. The number of carbonyl (C=O) groups is 6. The predicted octanol–water partition coefficient (Wildman–Crippen LogP) is 6.27. The molecular formula is C52H60ClN7O10. The zero-order chi connectivity index (χ0) is 49.5. The summed E-state index contributed by atoms with van der Waals surface area (Å²) in [6.45, 7) is 14.6. The smallest absolute Gasteiger partial charge is 0.489 e. The van der Waals surface area contributed by atoms with E-state index in [1.807, 2.05) is 30.3 Å². The average Bonchev–Trinajstić information content (AvgIpc) is 3.60. The van der Waals surface area contributed by atoms with Crippen molar-refractivity contribution >= 4 is 58.7 Å². The lowest BCUT2D eigenvalue weighted by atomic mass is 9.49. The molecule has 5 aliphatic heterocycles. The van der Waals surface area contributed by atoms with Gasteiger partial charge < -0.3 is 34.1 Å². The molecule has 0 radical (unpaired) electrons. The van der Waals surface area contributed by atoms with Crippen LogP contribution in [0, 0.1) is 28.1 Å². The summed E-state index contributed by atoms with van der Waals surface area (Å²) >= 11 is 6.27. The van der Waals surface area contributed by atoms with Gasteiger partial charge in [-0.1, -0.05) is 39.3 Å². The van der Waals surface area contributed by atoms with Gasteiger partial charge >= 0.3 is 6.16 Å². The van der Waals surface area contributed by atoms with E-state index in [1.165, 1.54) is 0 Å². The molecular weight excluding hydrogens is 918 g/mol. The van der Waals surface area contributed by atoms with E-state index in [1.54, 1.807) is 30.3 Å². The number of rotatable bonds is 12. The highest BCUT2D eigenvalue weighted by atomic mass is 35.5. The molecule has 370 valence electrons. The van der Waals surface area contributed by atoms with Gasteiger partial charge in [0.05, 0.1) is 34.9 Å². The summed E-state index contributed by atoms with van der Waals surface area (Å²) in [4.78, 5) is 88.4. The van der Waals surface area contributed by atoms with Gasteiger partial charge in [-0.2, -0.15) is 5.26 Å². The molecule has 1 saturated carbocycles. The molecule has 5 heterocycles. The van der Waals surface area contributed by atoms with Gasteiger partial charge in [-0.05, 0) is 79.8 Å². The third-order valence-electron chi connectivity index (χ3n) is 15.2. The first-order valence-electron chi connectivity index (χ1n) is 24.3. The number of nitrogens with zero attached hydrogens (tertiary/aromatic N) is 6. The molecule has 6 aliphatic rings. The number of piperazine rings is 1. The lowest BCUT2D eigenvalue weighted by molar-refractivity contribution is -0.164. The molecule has 18 heteroatoms. The summed E-state index contributed by atoms with van der Waals surface area (Å²) in [5, 5.41) is 12.9. The van der Waals surface area contributed by atoms with E-state index in [-0.39, 0.29) is 59.0 Å². The number of likely N-dealkylation sites (tertiary alicyclic amines) is 1. The molecule has 5 amide bonds. The Labute approximate surface area is 412 Å². The van der Waals surface area contributed by atoms with E-state index in [0.717, 1.165) is 79.8 Å². The molecule has 1 aliphatic carbocycles. The Bertz CT molecular complexity index is 2560. The maximum Gasteiger partial charge on any atom is 0.510 e. The number of nitrogens with one attached hydrogen (secondary N) is 1. The number of nitriles is 1. The van der Waals surface area contributed by atoms with Crippen LogP contribution in [0.4, 0.5) is 16.2 Å². The van der Waals surface area contributed by atoms with Crippen LogP contribution in [0.5, 0.6) is 5.75 Å².